The lowest BCUT2D eigenvalue weighted by molar-refractivity contribution is -0.0500. The Kier molecular flexibility index (Phi) is 6.58. The molecule has 33 heavy (non-hydrogen) atoms. The van der Waals surface area contributed by atoms with Crippen molar-refractivity contribution in [1.82, 2.24) is 9.97 Å². The Balaban J connectivity index is 1.68. The van der Waals surface area contributed by atoms with Gasteiger partial charge in [0, 0.05) is 29.7 Å². The summed E-state index contributed by atoms with van der Waals surface area (Å²) in [6, 6.07) is 10.00. The first kappa shape index (κ1) is 23.1. The molecule has 1 aliphatic rings. The largest absolute Gasteiger partial charge is 0.493 e. The third kappa shape index (κ3) is 4.82. The predicted molar refractivity (Wildman–Crippen MR) is 129 cm³/mol. The van der Waals surface area contributed by atoms with Crippen LogP contribution in [0.25, 0.3) is 10.9 Å². The highest BCUT2D eigenvalue weighted by Crippen LogP contribution is 2.37. The molecular weight excluding hydrogens is 420 g/mol. The van der Waals surface area contributed by atoms with Gasteiger partial charge in [0.1, 0.15) is 18.2 Å². The van der Waals surface area contributed by atoms with E-state index in [1.54, 1.807) is 14.2 Å². The molecule has 0 radical (unpaired) electrons. The number of nitrogens with one attached hydrogen (secondary N) is 1. The number of benzene rings is 2. The molecule has 2 heterocycles. The van der Waals surface area contributed by atoms with Crippen molar-refractivity contribution >= 4 is 22.4 Å². The summed E-state index contributed by atoms with van der Waals surface area (Å²) >= 11 is 0. The van der Waals surface area contributed by atoms with E-state index in [1.165, 1.54) is 5.56 Å². The molecule has 1 fully saturated rings. The first-order valence-corrected chi connectivity index (χ1v) is 11.1. The van der Waals surface area contributed by atoms with Gasteiger partial charge in [-0.15, -0.1) is 0 Å². The van der Waals surface area contributed by atoms with Gasteiger partial charge in [0.25, 0.3) is 0 Å². The molecule has 0 amide bonds. The van der Waals surface area contributed by atoms with Gasteiger partial charge in [0.05, 0.1) is 38.5 Å². The van der Waals surface area contributed by atoms with Crippen molar-refractivity contribution in [3.05, 3.63) is 47.3 Å². The van der Waals surface area contributed by atoms with Crippen LogP contribution in [0.3, 0.4) is 0 Å². The number of aryl methyl sites for hydroxylation is 1. The van der Waals surface area contributed by atoms with Crippen LogP contribution >= 0.6 is 0 Å². The summed E-state index contributed by atoms with van der Waals surface area (Å²) in [4.78, 5) is 9.28. The molecule has 3 N–H and O–H groups in total. The Labute approximate surface area is 194 Å². The summed E-state index contributed by atoms with van der Waals surface area (Å²) in [6.07, 6.45) is 0. The van der Waals surface area contributed by atoms with Crippen LogP contribution in [-0.4, -0.2) is 50.6 Å². The molecule has 2 aromatic carbocycles. The highest BCUT2D eigenvalue weighted by atomic mass is 16.5. The molecule has 1 aromatic heterocycles. The van der Waals surface area contributed by atoms with E-state index in [0.29, 0.717) is 43.8 Å². The molecule has 0 bridgehead atoms. The topological polar surface area (TPSA) is 101 Å². The SMILES string of the molecule is COCCOc1cc2c(N[C@H](C)c3cc(N)cc(C4(C)COC4)c3)nc(C)nc2cc1OC. The van der Waals surface area contributed by atoms with E-state index in [1.807, 2.05) is 31.2 Å². The number of aromatic nitrogens is 2. The quantitative estimate of drug-likeness (QED) is 0.371. The zero-order chi connectivity index (χ0) is 23.6. The molecule has 176 valence electrons. The summed E-state index contributed by atoms with van der Waals surface area (Å²) in [6.45, 7) is 8.49. The number of hydrogen-bond acceptors (Lipinski definition) is 8. The number of nitrogen functional groups attached to an aromatic ring is 1. The first-order valence-electron chi connectivity index (χ1n) is 11.1. The lowest BCUT2D eigenvalue weighted by Crippen LogP contribution is -2.44. The number of hydrogen-bond donors (Lipinski definition) is 2. The van der Waals surface area contributed by atoms with Crippen LogP contribution in [0.2, 0.25) is 0 Å². The molecule has 0 aliphatic carbocycles. The van der Waals surface area contributed by atoms with Crippen LogP contribution in [0.4, 0.5) is 11.5 Å². The fourth-order valence-corrected chi connectivity index (χ4v) is 4.01. The highest BCUT2D eigenvalue weighted by Gasteiger charge is 2.35. The Hall–Kier alpha value is -3.10. The van der Waals surface area contributed by atoms with E-state index in [-0.39, 0.29) is 11.5 Å². The molecule has 4 rings (SSSR count). The molecule has 1 saturated heterocycles. The van der Waals surface area contributed by atoms with Crippen LogP contribution in [0.1, 0.15) is 36.8 Å². The molecule has 3 aromatic rings. The number of nitrogens with two attached hydrogens (primary N) is 1. The van der Waals surface area contributed by atoms with Gasteiger partial charge in [0.15, 0.2) is 11.5 Å². The van der Waals surface area contributed by atoms with E-state index >= 15 is 0 Å². The molecule has 0 unspecified atom stereocenters. The summed E-state index contributed by atoms with van der Waals surface area (Å²) in [7, 11) is 3.26. The van der Waals surface area contributed by atoms with Crippen molar-refractivity contribution < 1.29 is 18.9 Å². The van der Waals surface area contributed by atoms with Crippen LogP contribution in [0.15, 0.2) is 30.3 Å². The lowest BCUT2D eigenvalue weighted by Gasteiger charge is -2.39. The minimum Gasteiger partial charge on any atom is -0.493 e. The van der Waals surface area contributed by atoms with Crippen molar-refractivity contribution in [3.8, 4) is 11.5 Å². The Morgan fingerprint density at radius 2 is 1.88 bits per heavy atom. The highest BCUT2D eigenvalue weighted by molar-refractivity contribution is 5.92. The van der Waals surface area contributed by atoms with Gasteiger partial charge in [-0.25, -0.2) is 9.97 Å². The fourth-order valence-electron chi connectivity index (χ4n) is 4.01. The van der Waals surface area contributed by atoms with Gasteiger partial charge >= 0.3 is 0 Å². The summed E-state index contributed by atoms with van der Waals surface area (Å²) in [5.41, 5.74) is 10.1. The molecule has 8 heteroatoms. The molecule has 8 nitrogen and oxygen atoms in total. The predicted octanol–water partition coefficient (Wildman–Crippen LogP) is 4.02. The van der Waals surface area contributed by atoms with Crippen molar-refractivity contribution in [2.45, 2.75) is 32.2 Å². The summed E-state index contributed by atoms with van der Waals surface area (Å²) in [5.74, 6) is 2.63. The van der Waals surface area contributed by atoms with Crippen LogP contribution < -0.4 is 20.5 Å². The first-order chi connectivity index (χ1) is 15.8. The molecular formula is C25H32N4O4. The Bertz CT molecular complexity index is 1150. The number of rotatable bonds is 9. The smallest absolute Gasteiger partial charge is 0.162 e. The maximum Gasteiger partial charge on any atom is 0.162 e. The minimum atomic E-state index is -0.0330. The number of methoxy groups -OCH3 is 2. The fraction of sp³-hybridized carbons (Fsp3) is 0.440. The second kappa shape index (κ2) is 9.41. The van der Waals surface area contributed by atoms with Gasteiger partial charge in [-0.05, 0) is 43.2 Å². The van der Waals surface area contributed by atoms with Gasteiger partial charge in [0.2, 0.25) is 0 Å². The lowest BCUT2D eigenvalue weighted by atomic mass is 9.79. The molecule has 1 atom stereocenters. The van der Waals surface area contributed by atoms with Crippen LogP contribution in [-0.2, 0) is 14.9 Å². The Morgan fingerprint density at radius 1 is 1.09 bits per heavy atom. The summed E-state index contributed by atoms with van der Waals surface area (Å²) < 4.78 is 21.9. The van der Waals surface area contributed by atoms with E-state index < -0.39 is 0 Å². The van der Waals surface area contributed by atoms with E-state index in [9.17, 15) is 0 Å². The molecule has 1 aliphatic heterocycles. The number of fused-ring (bicyclic) bond motifs is 1. The summed E-state index contributed by atoms with van der Waals surface area (Å²) in [5, 5.41) is 4.41. The third-order valence-electron chi connectivity index (χ3n) is 6.01. The van der Waals surface area contributed by atoms with Gasteiger partial charge in [-0.2, -0.15) is 0 Å². The van der Waals surface area contributed by atoms with Crippen molar-refractivity contribution in [2.75, 3.05) is 51.7 Å². The van der Waals surface area contributed by atoms with Crippen molar-refractivity contribution in [2.24, 2.45) is 0 Å². The zero-order valence-electron chi connectivity index (χ0n) is 19.9. The standard InChI is InChI=1S/C25H32N4O4/c1-15(17-8-18(10-19(26)9-17)25(3)13-32-14-25)27-24-20-11-23(33-7-6-30-4)22(31-5)12-21(20)28-16(2)29-24/h8-12,15H,6-7,13-14,26H2,1-5H3,(H,27,28,29)/t15-/m1/s1. The van der Waals surface area contributed by atoms with Gasteiger partial charge in [-0.1, -0.05) is 13.0 Å². The van der Waals surface area contributed by atoms with Crippen LogP contribution in [0, 0.1) is 6.92 Å². The van der Waals surface area contributed by atoms with E-state index in [0.717, 1.165) is 28.0 Å². The normalized spacial score (nSPS) is 15.7. The Morgan fingerprint density at radius 3 is 2.55 bits per heavy atom. The monoisotopic (exact) mass is 452 g/mol. The number of nitrogens with zero attached hydrogens (tertiary/aromatic N) is 2. The molecule has 0 saturated carbocycles. The second-order valence-corrected chi connectivity index (χ2v) is 8.79. The van der Waals surface area contributed by atoms with Crippen molar-refractivity contribution in [1.29, 1.82) is 0 Å². The van der Waals surface area contributed by atoms with Gasteiger partial charge in [-0.3, -0.25) is 0 Å². The third-order valence-corrected chi connectivity index (χ3v) is 6.01. The maximum absolute atomic E-state index is 6.26. The zero-order valence-corrected chi connectivity index (χ0v) is 19.9. The van der Waals surface area contributed by atoms with Crippen molar-refractivity contribution in [3.63, 3.8) is 0 Å². The van der Waals surface area contributed by atoms with Gasteiger partial charge < -0.3 is 30.0 Å². The van der Waals surface area contributed by atoms with Crippen LogP contribution in [0.5, 0.6) is 11.5 Å². The van der Waals surface area contributed by atoms with E-state index in [2.05, 4.69) is 35.2 Å². The average molecular weight is 453 g/mol. The molecule has 0 spiro atoms. The number of anilines is 2. The second-order valence-electron chi connectivity index (χ2n) is 8.79. The maximum atomic E-state index is 6.26. The minimum absolute atomic E-state index is 0.00699. The number of ether oxygens (including phenoxy) is 4. The van der Waals surface area contributed by atoms with E-state index in [4.69, 9.17) is 24.7 Å². The average Bonchev–Trinajstić information content (AvgIpc) is 2.76.